The Morgan fingerprint density at radius 2 is 1.78 bits per heavy atom. The fourth-order valence-electron chi connectivity index (χ4n) is 3.45. The van der Waals surface area contributed by atoms with E-state index in [0.29, 0.717) is 10.6 Å². The minimum absolute atomic E-state index is 0.0116. The van der Waals surface area contributed by atoms with Crippen molar-refractivity contribution < 1.29 is 23.8 Å². The average Bonchev–Trinajstić information content (AvgIpc) is 3.05. The third-order valence-corrected chi connectivity index (χ3v) is 5.13. The van der Waals surface area contributed by atoms with Crippen molar-refractivity contribution in [1.29, 1.82) is 0 Å². The maximum absolute atomic E-state index is 15.0. The van der Waals surface area contributed by atoms with Crippen molar-refractivity contribution in [3.63, 3.8) is 0 Å². The van der Waals surface area contributed by atoms with Gasteiger partial charge in [0.1, 0.15) is 0 Å². The van der Waals surface area contributed by atoms with Crippen LogP contribution in [0.4, 0.5) is 10.1 Å². The van der Waals surface area contributed by atoms with Crippen LogP contribution in [-0.2, 0) is 14.3 Å². The second-order valence-electron chi connectivity index (χ2n) is 6.50. The normalized spacial score (nSPS) is 21.7. The Kier molecular flexibility index (Phi) is 5.77. The predicted molar refractivity (Wildman–Crippen MR) is 99.7 cm³/mol. The molecule has 1 aliphatic carbocycles. The molecule has 2 N–H and O–H groups in total. The minimum Gasteiger partial charge on any atom is -0.469 e. The number of benzene rings is 2. The number of rotatable bonds is 4. The van der Waals surface area contributed by atoms with E-state index in [4.69, 9.17) is 16.3 Å². The Morgan fingerprint density at radius 3 is 2.48 bits per heavy atom. The first-order valence-corrected chi connectivity index (χ1v) is 8.90. The highest BCUT2D eigenvalue weighted by Gasteiger charge is 2.43. The number of aliphatic hydroxyl groups is 1. The van der Waals surface area contributed by atoms with Crippen LogP contribution in [0.15, 0.2) is 42.5 Å². The number of methoxy groups -OCH3 is 1. The second-order valence-corrected chi connectivity index (χ2v) is 6.90. The zero-order chi connectivity index (χ0) is 19.6. The van der Waals surface area contributed by atoms with Gasteiger partial charge in [-0.05, 0) is 25.0 Å². The number of aliphatic hydroxyl groups excluding tert-OH is 1. The molecular weight excluding hydrogens is 373 g/mol. The van der Waals surface area contributed by atoms with Crippen LogP contribution in [0.2, 0.25) is 5.02 Å². The van der Waals surface area contributed by atoms with Crippen LogP contribution in [0, 0.1) is 17.7 Å². The van der Waals surface area contributed by atoms with Gasteiger partial charge in [-0.3, -0.25) is 9.59 Å². The summed E-state index contributed by atoms with van der Waals surface area (Å²) in [4.78, 5) is 24.5. The highest BCUT2D eigenvalue weighted by molar-refractivity contribution is 6.33. The Labute approximate surface area is 161 Å². The van der Waals surface area contributed by atoms with Crippen LogP contribution in [-0.4, -0.2) is 30.2 Å². The molecule has 0 aromatic heterocycles. The molecule has 0 radical (unpaired) electrons. The Morgan fingerprint density at radius 1 is 1.11 bits per heavy atom. The lowest BCUT2D eigenvalue weighted by Gasteiger charge is -2.18. The van der Waals surface area contributed by atoms with Crippen molar-refractivity contribution in [2.24, 2.45) is 11.8 Å². The smallest absolute Gasteiger partial charge is 0.309 e. The van der Waals surface area contributed by atoms with Crippen LogP contribution in [0.5, 0.6) is 0 Å². The van der Waals surface area contributed by atoms with Crippen molar-refractivity contribution in [2.45, 2.75) is 18.9 Å². The van der Waals surface area contributed by atoms with Crippen LogP contribution in [0.1, 0.15) is 12.8 Å². The lowest BCUT2D eigenvalue weighted by Crippen LogP contribution is -2.31. The third kappa shape index (κ3) is 3.96. The summed E-state index contributed by atoms with van der Waals surface area (Å²) in [7, 11) is 1.23. The van der Waals surface area contributed by atoms with Gasteiger partial charge in [-0.15, -0.1) is 0 Å². The molecule has 1 fully saturated rings. The van der Waals surface area contributed by atoms with Gasteiger partial charge in [-0.25, -0.2) is 4.39 Å². The van der Waals surface area contributed by atoms with Gasteiger partial charge >= 0.3 is 5.97 Å². The average molecular weight is 392 g/mol. The summed E-state index contributed by atoms with van der Waals surface area (Å²) in [6, 6.07) is 11.4. The quantitative estimate of drug-likeness (QED) is 0.780. The topological polar surface area (TPSA) is 75.6 Å². The molecule has 0 heterocycles. The zero-order valence-electron chi connectivity index (χ0n) is 14.6. The van der Waals surface area contributed by atoms with E-state index in [1.165, 1.54) is 13.2 Å². The SMILES string of the molecule is COC(=O)[C@@H]1C[C@@H](O)C[C@H]1C(=O)Nc1cccc(-c2ccccc2Cl)c1F. The number of anilines is 1. The van der Waals surface area contributed by atoms with Crippen molar-refractivity contribution in [2.75, 3.05) is 12.4 Å². The molecule has 0 unspecified atom stereocenters. The number of esters is 1. The molecule has 142 valence electrons. The number of ether oxygens (including phenoxy) is 1. The molecule has 1 saturated carbocycles. The summed E-state index contributed by atoms with van der Waals surface area (Å²) in [5.74, 6) is -3.24. The minimum atomic E-state index is -0.782. The van der Waals surface area contributed by atoms with E-state index >= 15 is 0 Å². The monoisotopic (exact) mass is 391 g/mol. The molecule has 0 saturated heterocycles. The van der Waals surface area contributed by atoms with Crippen LogP contribution < -0.4 is 5.32 Å². The molecule has 2 aromatic carbocycles. The van der Waals surface area contributed by atoms with Gasteiger partial charge in [-0.1, -0.05) is 41.9 Å². The number of carbonyl (C=O) groups excluding carboxylic acids is 2. The largest absolute Gasteiger partial charge is 0.469 e. The second kappa shape index (κ2) is 8.06. The molecule has 1 amide bonds. The molecule has 3 atom stereocenters. The molecular formula is C20H19ClFNO4. The lowest BCUT2D eigenvalue weighted by molar-refractivity contribution is -0.148. The number of hydrogen-bond acceptors (Lipinski definition) is 4. The van der Waals surface area contributed by atoms with E-state index in [9.17, 15) is 19.1 Å². The molecule has 1 aliphatic rings. The molecule has 0 bridgehead atoms. The molecule has 27 heavy (non-hydrogen) atoms. The highest BCUT2D eigenvalue weighted by Crippen LogP contribution is 2.36. The Hall–Kier alpha value is -2.44. The van der Waals surface area contributed by atoms with Crippen molar-refractivity contribution >= 4 is 29.2 Å². The number of carbonyl (C=O) groups is 2. The molecule has 0 spiro atoms. The van der Waals surface area contributed by atoms with E-state index in [-0.39, 0.29) is 24.1 Å². The van der Waals surface area contributed by atoms with E-state index in [1.54, 1.807) is 36.4 Å². The van der Waals surface area contributed by atoms with Gasteiger partial charge in [0, 0.05) is 16.1 Å². The summed E-state index contributed by atoms with van der Waals surface area (Å²) in [6.07, 6.45) is -0.506. The first-order chi connectivity index (χ1) is 12.9. The van der Waals surface area contributed by atoms with Gasteiger partial charge in [0.05, 0.1) is 30.7 Å². The first-order valence-electron chi connectivity index (χ1n) is 8.52. The molecule has 7 heteroatoms. The summed E-state index contributed by atoms with van der Waals surface area (Å²) in [5.41, 5.74) is 0.758. The number of hydrogen-bond donors (Lipinski definition) is 2. The predicted octanol–water partition coefficient (Wildman–Crippen LogP) is 3.64. The first kappa shape index (κ1) is 19.3. The fraction of sp³-hybridized carbons (Fsp3) is 0.300. The van der Waals surface area contributed by atoms with Crippen LogP contribution in [0.25, 0.3) is 11.1 Å². The standard InChI is InChI=1S/C20H19ClFNO4/c1-27-20(26)15-10-11(24)9-14(15)19(25)23-17-8-4-6-13(18(17)22)12-5-2-3-7-16(12)21/h2-8,11,14-15,24H,9-10H2,1H3,(H,23,25)/t11-,14+,15+/m0/s1. The molecule has 3 rings (SSSR count). The van der Waals surface area contributed by atoms with Crippen LogP contribution in [0.3, 0.4) is 0 Å². The number of nitrogens with one attached hydrogen (secondary N) is 1. The van der Waals surface area contributed by atoms with Gasteiger partial charge in [0.2, 0.25) is 5.91 Å². The van der Waals surface area contributed by atoms with Crippen molar-refractivity contribution in [3.8, 4) is 11.1 Å². The van der Waals surface area contributed by atoms with Gasteiger partial charge in [0.15, 0.2) is 5.82 Å². The lowest BCUT2D eigenvalue weighted by atomic mass is 9.95. The number of amides is 1. The third-order valence-electron chi connectivity index (χ3n) is 4.80. The van der Waals surface area contributed by atoms with Crippen LogP contribution >= 0.6 is 11.6 Å². The zero-order valence-corrected chi connectivity index (χ0v) is 15.4. The Balaban J connectivity index is 1.86. The maximum atomic E-state index is 15.0. The summed E-state index contributed by atoms with van der Waals surface area (Å²) >= 11 is 6.15. The fourth-order valence-corrected chi connectivity index (χ4v) is 3.69. The molecule has 5 nitrogen and oxygen atoms in total. The summed E-state index contributed by atoms with van der Waals surface area (Å²) in [6.45, 7) is 0. The van der Waals surface area contributed by atoms with Crippen molar-refractivity contribution in [3.05, 3.63) is 53.3 Å². The molecule has 0 aliphatic heterocycles. The Bertz CT molecular complexity index is 873. The van der Waals surface area contributed by atoms with E-state index in [1.807, 2.05) is 0 Å². The van der Waals surface area contributed by atoms with E-state index in [2.05, 4.69) is 5.32 Å². The maximum Gasteiger partial charge on any atom is 0.309 e. The van der Waals surface area contributed by atoms with E-state index < -0.39 is 35.6 Å². The van der Waals surface area contributed by atoms with E-state index in [0.717, 1.165) is 0 Å². The van der Waals surface area contributed by atoms with Gasteiger partial charge in [-0.2, -0.15) is 0 Å². The van der Waals surface area contributed by atoms with Crippen molar-refractivity contribution in [1.82, 2.24) is 0 Å². The molecule has 2 aromatic rings. The summed E-state index contributed by atoms with van der Waals surface area (Å²) in [5, 5.41) is 12.8. The van der Waals surface area contributed by atoms with Gasteiger partial charge in [0.25, 0.3) is 0 Å². The highest BCUT2D eigenvalue weighted by atomic mass is 35.5. The number of halogens is 2. The summed E-state index contributed by atoms with van der Waals surface area (Å²) < 4.78 is 19.7. The van der Waals surface area contributed by atoms with Gasteiger partial charge < -0.3 is 15.2 Å².